The Labute approximate surface area is 116 Å². The summed E-state index contributed by atoms with van der Waals surface area (Å²) < 4.78 is 0. The van der Waals surface area contributed by atoms with Crippen LogP contribution >= 0.6 is 23.4 Å². The number of hydrogen-bond donors (Lipinski definition) is 0. The Hall–Kier alpha value is -0.930. The van der Waals surface area contributed by atoms with Crippen molar-refractivity contribution < 1.29 is 0 Å². The molecule has 0 radical (unpaired) electrons. The van der Waals surface area contributed by atoms with Gasteiger partial charge in [0.15, 0.2) is 0 Å². The Morgan fingerprint density at radius 2 is 2.00 bits per heavy atom. The van der Waals surface area contributed by atoms with Crippen molar-refractivity contribution in [2.24, 2.45) is 0 Å². The van der Waals surface area contributed by atoms with Crippen LogP contribution in [0, 0.1) is 0 Å². The quantitative estimate of drug-likeness (QED) is 0.782. The molecule has 4 heteroatoms. The highest BCUT2D eigenvalue weighted by Gasteiger charge is 2.15. The highest BCUT2D eigenvalue weighted by molar-refractivity contribution is 7.99. The minimum atomic E-state index is 0.473. The molecule has 0 unspecified atom stereocenters. The topological polar surface area (TPSA) is 16.1 Å². The summed E-state index contributed by atoms with van der Waals surface area (Å²) in [5.41, 5.74) is 3.30. The molecule has 1 aliphatic heterocycles. The molecule has 3 rings (SSSR count). The Morgan fingerprint density at radius 1 is 1.22 bits per heavy atom. The van der Waals surface area contributed by atoms with Crippen molar-refractivity contribution in [2.45, 2.75) is 5.88 Å². The number of aromatic nitrogens is 1. The van der Waals surface area contributed by atoms with Crippen LogP contribution in [0.5, 0.6) is 0 Å². The molecule has 1 aromatic heterocycles. The number of rotatable bonds is 2. The number of fused-ring (bicyclic) bond motifs is 1. The molecule has 0 amide bonds. The first-order valence-electron chi connectivity index (χ1n) is 6.16. The van der Waals surface area contributed by atoms with Crippen LogP contribution in [0.25, 0.3) is 10.9 Å². The number of anilines is 1. The van der Waals surface area contributed by atoms with Crippen molar-refractivity contribution in [3.8, 4) is 0 Å². The minimum absolute atomic E-state index is 0.473. The molecular formula is C14H15ClN2S. The fourth-order valence-electron chi connectivity index (χ4n) is 2.34. The van der Waals surface area contributed by atoms with E-state index in [4.69, 9.17) is 11.6 Å². The first-order chi connectivity index (χ1) is 8.88. The normalized spacial score (nSPS) is 16.2. The molecule has 2 aromatic rings. The van der Waals surface area contributed by atoms with Gasteiger partial charge >= 0.3 is 0 Å². The van der Waals surface area contributed by atoms with Gasteiger partial charge in [0.1, 0.15) is 0 Å². The summed E-state index contributed by atoms with van der Waals surface area (Å²) in [4.78, 5) is 7.04. The lowest BCUT2D eigenvalue weighted by molar-refractivity contribution is 0.860. The van der Waals surface area contributed by atoms with Crippen molar-refractivity contribution in [2.75, 3.05) is 29.5 Å². The molecule has 0 aliphatic carbocycles. The number of thioether (sulfide) groups is 1. The third-order valence-electron chi connectivity index (χ3n) is 3.24. The SMILES string of the molecule is ClCc1cc(N2CCSCC2)c2ccccc2n1. The van der Waals surface area contributed by atoms with E-state index in [0.717, 1.165) is 24.3 Å². The third kappa shape index (κ3) is 2.29. The van der Waals surface area contributed by atoms with E-state index in [0.29, 0.717) is 5.88 Å². The summed E-state index contributed by atoms with van der Waals surface area (Å²) >= 11 is 7.98. The smallest absolute Gasteiger partial charge is 0.0726 e. The van der Waals surface area contributed by atoms with Crippen LogP contribution in [0.15, 0.2) is 30.3 Å². The van der Waals surface area contributed by atoms with Gasteiger partial charge in [-0.2, -0.15) is 11.8 Å². The standard InChI is InChI=1S/C14H15ClN2S/c15-10-11-9-14(17-5-7-18-8-6-17)12-3-1-2-4-13(12)16-11/h1-4,9H,5-8,10H2. The van der Waals surface area contributed by atoms with E-state index in [-0.39, 0.29) is 0 Å². The highest BCUT2D eigenvalue weighted by Crippen LogP contribution is 2.29. The molecule has 2 heterocycles. The van der Waals surface area contributed by atoms with Crippen molar-refractivity contribution >= 4 is 40.0 Å². The maximum Gasteiger partial charge on any atom is 0.0726 e. The molecule has 0 N–H and O–H groups in total. The van der Waals surface area contributed by atoms with E-state index in [2.05, 4.69) is 34.1 Å². The van der Waals surface area contributed by atoms with E-state index >= 15 is 0 Å². The van der Waals surface area contributed by atoms with Gasteiger partial charge in [-0.05, 0) is 12.1 Å². The molecule has 1 saturated heterocycles. The highest BCUT2D eigenvalue weighted by atomic mass is 35.5. The van der Waals surface area contributed by atoms with E-state index in [1.54, 1.807) is 0 Å². The number of hydrogen-bond acceptors (Lipinski definition) is 3. The zero-order chi connectivity index (χ0) is 12.4. The molecule has 0 atom stereocenters. The summed E-state index contributed by atoms with van der Waals surface area (Å²) in [6.07, 6.45) is 0. The molecular weight excluding hydrogens is 264 g/mol. The largest absolute Gasteiger partial charge is 0.369 e. The van der Waals surface area contributed by atoms with Gasteiger partial charge in [0.25, 0.3) is 0 Å². The first-order valence-corrected chi connectivity index (χ1v) is 7.85. The van der Waals surface area contributed by atoms with Crippen molar-refractivity contribution in [1.82, 2.24) is 4.98 Å². The van der Waals surface area contributed by atoms with Crippen LogP contribution < -0.4 is 4.90 Å². The maximum atomic E-state index is 5.95. The Bertz CT molecular complexity index is 552. The maximum absolute atomic E-state index is 5.95. The van der Waals surface area contributed by atoms with Gasteiger partial charge in [-0.3, -0.25) is 4.98 Å². The summed E-state index contributed by atoms with van der Waals surface area (Å²) in [6, 6.07) is 10.5. The fraction of sp³-hybridized carbons (Fsp3) is 0.357. The molecule has 1 aliphatic rings. The van der Waals surface area contributed by atoms with Crippen LogP contribution in [0.1, 0.15) is 5.69 Å². The first kappa shape index (κ1) is 12.1. The monoisotopic (exact) mass is 278 g/mol. The van der Waals surface area contributed by atoms with Gasteiger partial charge in [-0.25, -0.2) is 0 Å². The fourth-order valence-corrected chi connectivity index (χ4v) is 3.38. The zero-order valence-electron chi connectivity index (χ0n) is 10.1. The molecule has 18 heavy (non-hydrogen) atoms. The zero-order valence-corrected chi connectivity index (χ0v) is 11.7. The number of alkyl halides is 1. The van der Waals surface area contributed by atoms with E-state index in [1.807, 2.05) is 17.8 Å². The summed E-state index contributed by atoms with van der Waals surface area (Å²) in [7, 11) is 0. The number of pyridine rings is 1. The molecule has 1 fully saturated rings. The average Bonchev–Trinajstić information content (AvgIpc) is 2.47. The molecule has 0 saturated carbocycles. The van der Waals surface area contributed by atoms with E-state index < -0.39 is 0 Å². The predicted octanol–water partition coefficient (Wildman–Crippen LogP) is 3.53. The number of halogens is 1. The third-order valence-corrected chi connectivity index (χ3v) is 4.45. The van der Waals surface area contributed by atoms with Crippen molar-refractivity contribution in [3.05, 3.63) is 36.0 Å². The molecule has 94 valence electrons. The molecule has 0 bridgehead atoms. The van der Waals surface area contributed by atoms with Crippen LogP contribution in [0.4, 0.5) is 5.69 Å². The van der Waals surface area contributed by atoms with Gasteiger partial charge in [0.2, 0.25) is 0 Å². The predicted molar refractivity (Wildman–Crippen MR) is 80.8 cm³/mol. The molecule has 0 spiro atoms. The second kappa shape index (κ2) is 5.37. The van der Waals surface area contributed by atoms with Crippen LogP contribution in [-0.4, -0.2) is 29.6 Å². The van der Waals surface area contributed by atoms with E-state index in [9.17, 15) is 0 Å². The van der Waals surface area contributed by atoms with Crippen LogP contribution in [0.3, 0.4) is 0 Å². The summed E-state index contributed by atoms with van der Waals surface area (Å²) in [5.74, 6) is 2.88. The molecule has 1 aromatic carbocycles. The van der Waals surface area contributed by atoms with Gasteiger partial charge in [-0.1, -0.05) is 18.2 Å². The summed E-state index contributed by atoms with van der Waals surface area (Å²) in [6.45, 7) is 2.22. The lowest BCUT2D eigenvalue weighted by atomic mass is 10.1. The Balaban J connectivity index is 2.12. The minimum Gasteiger partial charge on any atom is -0.369 e. The van der Waals surface area contributed by atoms with Gasteiger partial charge < -0.3 is 4.90 Å². The number of nitrogens with zero attached hydrogens (tertiary/aromatic N) is 2. The average molecular weight is 279 g/mol. The number of para-hydroxylation sites is 1. The summed E-state index contributed by atoms with van der Waals surface area (Å²) in [5, 5.41) is 1.23. The molecule has 2 nitrogen and oxygen atoms in total. The Morgan fingerprint density at radius 3 is 2.78 bits per heavy atom. The lowest BCUT2D eigenvalue weighted by Gasteiger charge is -2.29. The van der Waals surface area contributed by atoms with Gasteiger partial charge in [-0.15, -0.1) is 11.6 Å². The van der Waals surface area contributed by atoms with Crippen molar-refractivity contribution in [3.63, 3.8) is 0 Å². The second-order valence-corrected chi connectivity index (χ2v) is 5.87. The number of benzene rings is 1. The lowest BCUT2D eigenvalue weighted by Crippen LogP contribution is -2.32. The Kier molecular flexibility index (Phi) is 3.62. The van der Waals surface area contributed by atoms with Gasteiger partial charge in [0.05, 0.1) is 17.1 Å². The van der Waals surface area contributed by atoms with Crippen LogP contribution in [0.2, 0.25) is 0 Å². The van der Waals surface area contributed by atoms with Crippen LogP contribution in [-0.2, 0) is 5.88 Å². The van der Waals surface area contributed by atoms with E-state index in [1.165, 1.54) is 22.6 Å². The van der Waals surface area contributed by atoms with Crippen molar-refractivity contribution in [1.29, 1.82) is 0 Å². The van der Waals surface area contributed by atoms with Gasteiger partial charge in [0, 0.05) is 35.7 Å². The second-order valence-electron chi connectivity index (χ2n) is 4.38.